The maximum Gasteiger partial charge on any atom is 0.391 e. The Hall–Kier alpha value is -2.42. The van der Waals surface area contributed by atoms with E-state index in [1.807, 2.05) is 24.3 Å². The fourth-order valence-corrected chi connectivity index (χ4v) is 3.42. The van der Waals surface area contributed by atoms with Crippen molar-refractivity contribution in [2.24, 2.45) is 5.92 Å². The Morgan fingerprint density at radius 1 is 1.29 bits per heavy atom. The molecule has 152 valence electrons. The van der Waals surface area contributed by atoms with E-state index in [2.05, 4.69) is 20.3 Å². The minimum absolute atomic E-state index is 0.133. The molecule has 9 heteroatoms. The number of carbonyl (C=O) groups is 1. The van der Waals surface area contributed by atoms with Crippen LogP contribution in [0.5, 0.6) is 0 Å². The van der Waals surface area contributed by atoms with E-state index in [4.69, 9.17) is 4.74 Å². The van der Waals surface area contributed by atoms with Gasteiger partial charge >= 0.3 is 12.1 Å². The SMILES string of the molecule is CCOC(=O)c1n[nH]nc1-c1cccc(CCN2CCC(C(F)(F)F)CC2)c1. The van der Waals surface area contributed by atoms with Crippen LogP contribution in [0.25, 0.3) is 11.3 Å². The van der Waals surface area contributed by atoms with E-state index in [-0.39, 0.29) is 25.1 Å². The number of alkyl halides is 3. The molecule has 3 rings (SSSR count). The van der Waals surface area contributed by atoms with Gasteiger partial charge in [-0.05, 0) is 50.9 Å². The minimum atomic E-state index is -4.09. The van der Waals surface area contributed by atoms with Crippen LogP contribution in [-0.2, 0) is 11.2 Å². The summed E-state index contributed by atoms with van der Waals surface area (Å²) >= 11 is 0. The molecule has 28 heavy (non-hydrogen) atoms. The Morgan fingerprint density at radius 2 is 2.04 bits per heavy atom. The topological polar surface area (TPSA) is 71.1 Å². The summed E-state index contributed by atoms with van der Waals surface area (Å²) in [6, 6.07) is 7.57. The highest BCUT2D eigenvalue weighted by molar-refractivity contribution is 5.93. The van der Waals surface area contributed by atoms with E-state index in [0.717, 1.165) is 11.1 Å². The first kappa shape index (κ1) is 20.3. The van der Waals surface area contributed by atoms with Crippen molar-refractivity contribution in [1.82, 2.24) is 20.3 Å². The van der Waals surface area contributed by atoms with E-state index in [9.17, 15) is 18.0 Å². The predicted molar refractivity (Wildman–Crippen MR) is 96.7 cm³/mol. The lowest BCUT2D eigenvalue weighted by Crippen LogP contribution is -2.39. The number of likely N-dealkylation sites (tertiary alicyclic amines) is 1. The zero-order chi connectivity index (χ0) is 20.1. The van der Waals surface area contributed by atoms with Crippen LogP contribution in [0.3, 0.4) is 0 Å². The average Bonchev–Trinajstić information content (AvgIpc) is 3.16. The molecule has 1 aliphatic rings. The second-order valence-corrected chi connectivity index (χ2v) is 6.85. The van der Waals surface area contributed by atoms with Crippen LogP contribution in [-0.4, -0.2) is 58.7 Å². The third-order valence-electron chi connectivity index (χ3n) is 4.98. The molecule has 0 amide bonds. The Bertz CT molecular complexity index is 798. The molecular weight excluding hydrogens is 373 g/mol. The van der Waals surface area contributed by atoms with Crippen LogP contribution in [0.4, 0.5) is 13.2 Å². The van der Waals surface area contributed by atoms with Gasteiger partial charge in [-0.25, -0.2) is 4.79 Å². The maximum atomic E-state index is 12.8. The van der Waals surface area contributed by atoms with Gasteiger partial charge in [0.1, 0.15) is 5.69 Å². The van der Waals surface area contributed by atoms with E-state index in [0.29, 0.717) is 31.7 Å². The molecule has 1 aromatic heterocycles. The van der Waals surface area contributed by atoms with Gasteiger partial charge < -0.3 is 9.64 Å². The largest absolute Gasteiger partial charge is 0.461 e. The lowest BCUT2D eigenvalue weighted by molar-refractivity contribution is -0.185. The number of carbonyl (C=O) groups excluding carboxylic acids is 1. The van der Waals surface area contributed by atoms with Crippen LogP contribution >= 0.6 is 0 Å². The third-order valence-corrected chi connectivity index (χ3v) is 4.98. The number of nitrogens with one attached hydrogen (secondary N) is 1. The van der Waals surface area contributed by atoms with E-state index in [1.54, 1.807) is 6.92 Å². The number of aromatic amines is 1. The van der Waals surface area contributed by atoms with Crippen molar-refractivity contribution in [3.05, 3.63) is 35.5 Å². The zero-order valence-electron chi connectivity index (χ0n) is 15.6. The summed E-state index contributed by atoms with van der Waals surface area (Å²) < 4.78 is 43.3. The number of halogens is 3. The second-order valence-electron chi connectivity index (χ2n) is 6.85. The maximum absolute atomic E-state index is 12.8. The molecule has 0 radical (unpaired) electrons. The van der Waals surface area contributed by atoms with Crippen molar-refractivity contribution < 1.29 is 22.7 Å². The fraction of sp³-hybridized carbons (Fsp3) is 0.526. The highest BCUT2D eigenvalue weighted by Crippen LogP contribution is 2.34. The average molecular weight is 396 g/mol. The predicted octanol–water partition coefficient (Wildman–Crippen LogP) is 3.47. The van der Waals surface area contributed by atoms with Crippen LogP contribution in [0, 0.1) is 5.92 Å². The molecule has 2 heterocycles. The quantitative estimate of drug-likeness (QED) is 0.757. The first-order valence-corrected chi connectivity index (χ1v) is 9.34. The molecule has 1 N–H and O–H groups in total. The zero-order valence-corrected chi connectivity index (χ0v) is 15.6. The van der Waals surface area contributed by atoms with E-state index >= 15 is 0 Å². The lowest BCUT2D eigenvalue weighted by Gasteiger charge is -2.32. The second kappa shape index (κ2) is 8.72. The van der Waals surface area contributed by atoms with Crippen molar-refractivity contribution in [2.45, 2.75) is 32.4 Å². The Morgan fingerprint density at radius 3 is 2.71 bits per heavy atom. The molecule has 0 aliphatic carbocycles. The number of benzene rings is 1. The minimum Gasteiger partial charge on any atom is -0.461 e. The number of H-pyrrole nitrogens is 1. The van der Waals surface area contributed by atoms with Crippen molar-refractivity contribution >= 4 is 5.97 Å². The number of aromatic nitrogens is 3. The van der Waals surface area contributed by atoms with Crippen molar-refractivity contribution in [1.29, 1.82) is 0 Å². The number of hydrogen-bond donors (Lipinski definition) is 1. The smallest absolute Gasteiger partial charge is 0.391 e. The molecule has 0 spiro atoms. The number of nitrogens with zero attached hydrogens (tertiary/aromatic N) is 3. The van der Waals surface area contributed by atoms with Crippen molar-refractivity contribution in [2.75, 3.05) is 26.2 Å². The molecule has 2 aromatic rings. The summed E-state index contributed by atoms with van der Waals surface area (Å²) in [6.07, 6.45) is -3.07. The normalized spacial score (nSPS) is 16.3. The monoisotopic (exact) mass is 396 g/mol. The molecular formula is C19H23F3N4O2. The molecule has 1 fully saturated rings. The van der Waals surface area contributed by atoms with Crippen LogP contribution in [0.1, 0.15) is 35.8 Å². The number of esters is 1. The number of ether oxygens (including phenoxy) is 1. The van der Waals surface area contributed by atoms with E-state index in [1.165, 1.54) is 0 Å². The van der Waals surface area contributed by atoms with Gasteiger partial charge in [0.15, 0.2) is 5.69 Å². The van der Waals surface area contributed by atoms with Gasteiger partial charge in [-0.2, -0.15) is 23.5 Å². The number of piperidine rings is 1. The Labute approximate surface area is 161 Å². The molecule has 0 bridgehead atoms. The number of hydrogen-bond acceptors (Lipinski definition) is 5. The van der Waals surface area contributed by atoms with Crippen LogP contribution in [0.2, 0.25) is 0 Å². The fourth-order valence-electron chi connectivity index (χ4n) is 3.42. The number of rotatable bonds is 6. The highest BCUT2D eigenvalue weighted by atomic mass is 19.4. The van der Waals surface area contributed by atoms with Gasteiger partial charge in [-0.1, -0.05) is 18.2 Å². The summed E-state index contributed by atoms with van der Waals surface area (Å²) in [5, 5.41) is 10.4. The summed E-state index contributed by atoms with van der Waals surface area (Å²) in [5.74, 6) is -1.72. The van der Waals surface area contributed by atoms with Crippen molar-refractivity contribution in [3.8, 4) is 11.3 Å². The van der Waals surface area contributed by atoms with Gasteiger partial charge in [-0.15, -0.1) is 5.10 Å². The molecule has 1 aliphatic heterocycles. The van der Waals surface area contributed by atoms with Crippen LogP contribution < -0.4 is 0 Å². The first-order chi connectivity index (χ1) is 13.4. The molecule has 0 atom stereocenters. The summed E-state index contributed by atoms with van der Waals surface area (Å²) in [4.78, 5) is 14.0. The molecule has 0 saturated carbocycles. The molecule has 6 nitrogen and oxygen atoms in total. The molecule has 1 saturated heterocycles. The van der Waals surface area contributed by atoms with Crippen LogP contribution in [0.15, 0.2) is 24.3 Å². The standard InChI is InChI=1S/C19H23F3N4O2/c1-2-28-18(27)17-16(23-25-24-17)14-5-3-4-13(12-14)6-9-26-10-7-15(8-11-26)19(20,21)22/h3-5,12,15H,2,6-11H2,1H3,(H,23,24,25). The summed E-state index contributed by atoms with van der Waals surface area (Å²) in [7, 11) is 0. The van der Waals surface area contributed by atoms with Gasteiger partial charge in [0.2, 0.25) is 0 Å². The summed E-state index contributed by atoms with van der Waals surface area (Å²) in [6.45, 7) is 3.57. The Kier molecular flexibility index (Phi) is 6.33. The van der Waals surface area contributed by atoms with Gasteiger partial charge in [0.25, 0.3) is 0 Å². The lowest BCUT2D eigenvalue weighted by atomic mass is 9.96. The molecule has 0 unspecified atom stereocenters. The third kappa shape index (κ3) is 4.89. The first-order valence-electron chi connectivity index (χ1n) is 9.34. The summed E-state index contributed by atoms with van der Waals surface area (Å²) in [5.41, 5.74) is 2.32. The molecule has 1 aromatic carbocycles. The van der Waals surface area contributed by atoms with E-state index < -0.39 is 18.1 Å². The van der Waals surface area contributed by atoms with Gasteiger partial charge in [-0.3, -0.25) is 0 Å². The van der Waals surface area contributed by atoms with Crippen molar-refractivity contribution in [3.63, 3.8) is 0 Å². The highest BCUT2D eigenvalue weighted by Gasteiger charge is 2.40. The van der Waals surface area contributed by atoms with Gasteiger partial charge in [0, 0.05) is 12.1 Å². The Balaban J connectivity index is 1.61. The van der Waals surface area contributed by atoms with Gasteiger partial charge in [0.05, 0.1) is 12.5 Å².